The molecule has 2 aromatic heterocycles. The van der Waals surface area contributed by atoms with Gasteiger partial charge in [0.1, 0.15) is 17.3 Å². The Morgan fingerprint density at radius 1 is 1.04 bits per heavy atom. The number of likely N-dealkylation sites (tertiary alicyclic amines) is 1. The molecule has 2 saturated heterocycles. The number of hydrogen-bond donors (Lipinski definition) is 2. The number of hydrogen-bond acceptors (Lipinski definition) is 8. The lowest BCUT2D eigenvalue weighted by molar-refractivity contribution is -0.142. The molecule has 0 spiro atoms. The summed E-state index contributed by atoms with van der Waals surface area (Å²) in [6.07, 6.45) is 2.28. The van der Waals surface area contributed by atoms with Crippen LogP contribution >= 0.6 is 34.5 Å². The zero-order valence-electron chi connectivity index (χ0n) is 28.4. The van der Waals surface area contributed by atoms with E-state index in [0.29, 0.717) is 22.1 Å². The van der Waals surface area contributed by atoms with Crippen LogP contribution in [-0.4, -0.2) is 61.0 Å². The summed E-state index contributed by atoms with van der Waals surface area (Å²) in [7, 11) is 1.69. The minimum Gasteiger partial charge on any atom is -0.508 e. The zero-order valence-corrected chi connectivity index (χ0v) is 30.8. The minimum atomic E-state index is -1.34. The predicted molar refractivity (Wildman–Crippen MR) is 195 cm³/mol. The number of carbonyl (C=O) groups is 5. The molecule has 0 bridgehead atoms. The van der Waals surface area contributed by atoms with E-state index in [1.807, 2.05) is 31.2 Å². The van der Waals surface area contributed by atoms with Gasteiger partial charge < -0.3 is 10.2 Å². The van der Waals surface area contributed by atoms with Crippen LogP contribution in [0, 0.1) is 36.0 Å². The molecule has 6 atom stereocenters. The van der Waals surface area contributed by atoms with E-state index in [4.69, 9.17) is 33.4 Å². The average molecular weight is 762 g/mol. The van der Waals surface area contributed by atoms with E-state index in [1.54, 1.807) is 37.4 Å². The van der Waals surface area contributed by atoms with Gasteiger partial charge in [0, 0.05) is 46.7 Å². The summed E-state index contributed by atoms with van der Waals surface area (Å²) < 4.78 is 2.56. The number of aryl methyl sites for hydroxylation is 2. The minimum absolute atomic E-state index is 0.00624. The molecule has 8 rings (SSSR count). The van der Waals surface area contributed by atoms with Crippen molar-refractivity contribution in [3.8, 4) is 16.3 Å². The lowest BCUT2D eigenvalue weighted by Crippen LogP contribution is -2.49. The first-order valence-electron chi connectivity index (χ1n) is 17.1. The number of allylic oxidation sites excluding steroid dienone is 2. The maximum atomic E-state index is 15.0. The Labute approximate surface area is 312 Å². The summed E-state index contributed by atoms with van der Waals surface area (Å²) in [6.45, 7) is 3.75. The van der Waals surface area contributed by atoms with E-state index >= 15 is 0 Å². The highest BCUT2D eigenvalue weighted by molar-refractivity contribution is 7.22. The summed E-state index contributed by atoms with van der Waals surface area (Å²) in [5.74, 6) is -6.00. The molecular formula is C38H34Cl2N4O7S. The maximum Gasteiger partial charge on any atom is 0.303 e. The highest BCUT2D eigenvalue weighted by atomic mass is 35.5. The second-order valence-corrected chi connectivity index (χ2v) is 16.3. The fraction of sp³-hybridized carbons (Fsp3) is 0.368. The van der Waals surface area contributed by atoms with Gasteiger partial charge in [0.05, 0.1) is 28.0 Å². The van der Waals surface area contributed by atoms with Crippen molar-refractivity contribution in [2.75, 3.05) is 11.4 Å². The van der Waals surface area contributed by atoms with E-state index in [-0.39, 0.29) is 54.8 Å². The highest BCUT2D eigenvalue weighted by Crippen LogP contribution is 2.64. The number of fused-ring (bicyclic) bond motifs is 5. The number of thiophene rings is 1. The Hall–Kier alpha value is -4.52. The van der Waals surface area contributed by atoms with E-state index < -0.39 is 52.8 Å². The molecule has 1 saturated carbocycles. The normalized spacial score (nSPS) is 26.9. The third kappa shape index (κ3) is 4.98. The molecule has 4 aromatic rings. The van der Waals surface area contributed by atoms with E-state index in [1.165, 1.54) is 26.6 Å². The number of amides is 4. The Morgan fingerprint density at radius 2 is 1.81 bits per heavy atom. The van der Waals surface area contributed by atoms with Gasteiger partial charge in [-0.15, -0.1) is 11.3 Å². The third-order valence-electron chi connectivity index (χ3n) is 11.6. The largest absolute Gasteiger partial charge is 0.508 e. The van der Waals surface area contributed by atoms with Gasteiger partial charge in [-0.05, 0) is 85.9 Å². The van der Waals surface area contributed by atoms with E-state index in [2.05, 4.69) is 0 Å². The fourth-order valence-electron chi connectivity index (χ4n) is 9.22. The molecule has 11 nitrogen and oxygen atoms in total. The number of anilines is 1. The number of aromatic hydroxyl groups is 1. The van der Waals surface area contributed by atoms with Gasteiger partial charge in [0.25, 0.3) is 0 Å². The number of imide groups is 2. The second-order valence-electron chi connectivity index (χ2n) is 14.4. The predicted octanol–water partition coefficient (Wildman–Crippen LogP) is 6.72. The first kappa shape index (κ1) is 34.6. The number of carboxylic acid groups (broad SMARTS) is 1. The van der Waals surface area contributed by atoms with Crippen molar-refractivity contribution in [3.05, 3.63) is 75.3 Å². The van der Waals surface area contributed by atoms with Crippen LogP contribution in [0.25, 0.3) is 20.7 Å². The van der Waals surface area contributed by atoms with Gasteiger partial charge >= 0.3 is 5.97 Å². The van der Waals surface area contributed by atoms with Gasteiger partial charge in [-0.1, -0.05) is 40.9 Å². The molecular weight excluding hydrogens is 727 g/mol. The maximum absolute atomic E-state index is 15.0. The van der Waals surface area contributed by atoms with E-state index in [9.17, 15) is 29.1 Å². The number of nitrogens with zero attached hydrogens (tertiary/aromatic N) is 4. The Bertz CT molecular complexity index is 2300. The summed E-state index contributed by atoms with van der Waals surface area (Å²) in [5, 5.41) is 26.0. The summed E-state index contributed by atoms with van der Waals surface area (Å²) in [4.78, 5) is 71.8. The fourth-order valence-corrected chi connectivity index (χ4v) is 10.8. The molecule has 52 heavy (non-hydrogen) atoms. The molecule has 2 aromatic carbocycles. The van der Waals surface area contributed by atoms with Crippen LogP contribution < -0.4 is 4.90 Å². The summed E-state index contributed by atoms with van der Waals surface area (Å²) >= 11 is 14.6. The van der Waals surface area contributed by atoms with Crippen molar-refractivity contribution < 1.29 is 34.2 Å². The van der Waals surface area contributed by atoms with Gasteiger partial charge in [0.15, 0.2) is 0 Å². The number of aliphatic carboxylic acids is 1. The standard InChI is InChI=1S/C38H34Cl2N4O7S/c1-17-23-13-18(39)6-11-28(23)52-33(17)27-16-29(42(3)41-27)44-35(49)25-15-24-20(32(38(25,2)37(44)51)21-8-7-19(45)14-26(21)40)9-10-22-31(24)36(50)43(34(22)48)12-4-5-30(46)47/h6-9,11,13-14,16,22,24-25,31-32,45H,4-5,10,12,15H2,1-3H3,(H,46,47)/t22-,24+,25-,31-,32+,38+/m0/s1. The lowest BCUT2D eigenvalue weighted by atomic mass is 9.51. The number of halogens is 2. The van der Waals surface area contributed by atoms with Crippen molar-refractivity contribution in [1.82, 2.24) is 14.7 Å². The van der Waals surface area contributed by atoms with Crippen LogP contribution in [0.2, 0.25) is 10.0 Å². The number of phenols is 1. The number of phenolic OH excluding ortho intramolecular Hbond substituents is 1. The Kier molecular flexibility index (Phi) is 8.16. The molecule has 4 amide bonds. The number of benzene rings is 2. The number of carboxylic acids is 1. The molecule has 3 fully saturated rings. The van der Waals surface area contributed by atoms with Gasteiger partial charge in [-0.2, -0.15) is 5.10 Å². The molecule has 14 heteroatoms. The quantitative estimate of drug-likeness (QED) is 0.156. The Morgan fingerprint density at radius 3 is 2.54 bits per heavy atom. The third-order valence-corrected chi connectivity index (χ3v) is 13.5. The lowest BCUT2D eigenvalue weighted by Gasteiger charge is -2.49. The molecule has 4 aliphatic rings. The van der Waals surface area contributed by atoms with Crippen LogP contribution in [-0.2, 0) is 31.0 Å². The number of rotatable bonds is 7. The summed E-state index contributed by atoms with van der Waals surface area (Å²) in [6, 6.07) is 12.0. The molecule has 268 valence electrons. The molecule has 2 aliphatic heterocycles. The van der Waals surface area contributed by atoms with E-state index in [0.717, 1.165) is 26.1 Å². The Balaban J connectivity index is 1.22. The van der Waals surface area contributed by atoms with Crippen molar-refractivity contribution in [2.45, 2.75) is 45.4 Å². The van der Waals surface area contributed by atoms with Gasteiger partial charge in [-0.25, -0.2) is 4.90 Å². The van der Waals surface area contributed by atoms with Crippen molar-refractivity contribution in [3.63, 3.8) is 0 Å². The SMILES string of the molecule is Cc1c(-c2cc(N3C(=O)[C@@H]4C[C@@H]5C(=CC[C@@H]6C(=O)N(CCCC(=O)O)C(=O)[C@@H]65)[C@H](c5ccc(O)cc5Cl)[C@]4(C)C3=O)n(C)n2)sc2ccc(Cl)cc12. The first-order valence-corrected chi connectivity index (χ1v) is 18.7. The van der Waals surface area contributed by atoms with Crippen molar-refractivity contribution in [2.24, 2.45) is 36.1 Å². The number of aromatic nitrogens is 2. The molecule has 4 heterocycles. The molecule has 0 radical (unpaired) electrons. The monoisotopic (exact) mass is 760 g/mol. The van der Waals surface area contributed by atoms with Gasteiger partial charge in [-0.3, -0.25) is 33.6 Å². The smallest absolute Gasteiger partial charge is 0.303 e. The van der Waals surface area contributed by atoms with Crippen molar-refractivity contribution in [1.29, 1.82) is 0 Å². The zero-order chi connectivity index (χ0) is 37.0. The topological polar surface area (TPSA) is 150 Å². The average Bonchev–Trinajstić information content (AvgIpc) is 3.76. The molecule has 0 unspecified atom stereocenters. The summed E-state index contributed by atoms with van der Waals surface area (Å²) in [5.41, 5.74) is 1.53. The second kappa shape index (κ2) is 12.3. The first-order chi connectivity index (χ1) is 24.7. The molecule has 2 N–H and O–H groups in total. The van der Waals surface area contributed by atoms with Crippen LogP contribution in [0.15, 0.2) is 54.1 Å². The number of carbonyl (C=O) groups excluding carboxylic acids is 4. The van der Waals surface area contributed by atoms with Crippen molar-refractivity contribution >= 4 is 80.0 Å². The van der Waals surface area contributed by atoms with Crippen LogP contribution in [0.5, 0.6) is 5.75 Å². The highest BCUT2D eigenvalue weighted by Gasteiger charge is 2.68. The van der Waals surface area contributed by atoms with Gasteiger partial charge in [0.2, 0.25) is 23.6 Å². The van der Waals surface area contributed by atoms with Crippen LogP contribution in [0.3, 0.4) is 0 Å². The van der Waals surface area contributed by atoms with Crippen LogP contribution in [0.4, 0.5) is 5.82 Å². The molecule has 2 aliphatic carbocycles. The van der Waals surface area contributed by atoms with Crippen LogP contribution in [0.1, 0.15) is 49.7 Å².